The van der Waals surface area contributed by atoms with Gasteiger partial charge in [-0.25, -0.2) is 9.97 Å². The first-order chi connectivity index (χ1) is 21.3. The van der Waals surface area contributed by atoms with Crippen LogP contribution in [0, 0.1) is 0 Å². The Morgan fingerprint density at radius 3 is 1.35 bits per heavy atom. The number of hydrogen-bond acceptors (Lipinski definition) is 4. The molecular weight excluding hydrogens is 526 g/mol. The van der Waals surface area contributed by atoms with Crippen molar-refractivity contribution in [1.82, 2.24) is 24.5 Å². The average molecular weight is 552 g/mol. The molecule has 0 bridgehead atoms. The van der Waals surface area contributed by atoms with Crippen molar-refractivity contribution in [2.75, 3.05) is 0 Å². The van der Waals surface area contributed by atoms with Gasteiger partial charge in [0.1, 0.15) is 0 Å². The summed E-state index contributed by atoms with van der Waals surface area (Å²) >= 11 is 0. The van der Waals surface area contributed by atoms with Crippen molar-refractivity contribution in [3.63, 3.8) is 0 Å². The molecule has 0 spiro atoms. The Hall–Kier alpha value is -5.94. The van der Waals surface area contributed by atoms with Crippen molar-refractivity contribution >= 4 is 21.8 Å². The first-order valence-corrected chi connectivity index (χ1v) is 14.2. The topological polar surface area (TPSA) is 56.5 Å². The summed E-state index contributed by atoms with van der Waals surface area (Å²) in [6.07, 6.45) is 7.26. The Kier molecular flexibility index (Phi) is 6.05. The predicted molar refractivity (Wildman–Crippen MR) is 174 cm³/mol. The fourth-order valence-corrected chi connectivity index (χ4v) is 5.73. The summed E-state index contributed by atoms with van der Waals surface area (Å²) < 4.78 is 2.34. The van der Waals surface area contributed by atoms with Gasteiger partial charge < -0.3 is 4.57 Å². The summed E-state index contributed by atoms with van der Waals surface area (Å²) in [6.45, 7) is 0. The van der Waals surface area contributed by atoms with Crippen molar-refractivity contribution < 1.29 is 0 Å². The van der Waals surface area contributed by atoms with Crippen LogP contribution in [-0.4, -0.2) is 24.5 Å². The molecule has 0 aliphatic rings. The third-order valence-corrected chi connectivity index (χ3v) is 7.79. The quantitative estimate of drug-likeness (QED) is 0.214. The molecule has 0 radical (unpaired) electrons. The summed E-state index contributed by atoms with van der Waals surface area (Å²) in [5.74, 6) is 0. The number of para-hydroxylation sites is 1. The van der Waals surface area contributed by atoms with Crippen LogP contribution in [0.15, 0.2) is 152 Å². The number of nitrogens with zero attached hydrogens (tertiary/aromatic N) is 5. The van der Waals surface area contributed by atoms with E-state index in [1.54, 1.807) is 12.4 Å². The molecule has 5 aromatic heterocycles. The highest BCUT2D eigenvalue weighted by atomic mass is 15.0. The lowest BCUT2D eigenvalue weighted by Crippen LogP contribution is -1.95. The van der Waals surface area contributed by atoms with Crippen LogP contribution in [0.25, 0.3) is 72.5 Å². The van der Waals surface area contributed by atoms with Crippen LogP contribution in [-0.2, 0) is 0 Å². The molecule has 0 aliphatic heterocycles. The smallest absolute Gasteiger partial charge is 0.0725 e. The number of rotatable bonds is 5. The van der Waals surface area contributed by atoms with Gasteiger partial charge >= 0.3 is 0 Å². The molecule has 0 fully saturated rings. The zero-order chi connectivity index (χ0) is 28.6. The van der Waals surface area contributed by atoms with Gasteiger partial charge in [0, 0.05) is 63.5 Å². The second kappa shape index (κ2) is 10.5. The molecular formula is C38H25N5. The Morgan fingerprint density at radius 1 is 0.395 bits per heavy atom. The van der Waals surface area contributed by atoms with Crippen LogP contribution in [0.3, 0.4) is 0 Å². The Morgan fingerprint density at radius 2 is 0.884 bits per heavy atom. The van der Waals surface area contributed by atoms with Gasteiger partial charge in [-0.15, -0.1) is 0 Å². The third-order valence-electron chi connectivity index (χ3n) is 7.79. The van der Waals surface area contributed by atoms with Crippen LogP contribution in [0.4, 0.5) is 0 Å². The zero-order valence-electron chi connectivity index (χ0n) is 23.2. The minimum Gasteiger partial charge on any atom is -0.309 e. The van der Waals surface area contributed by atoms with E-state index in [1.807, 2.05) is 48.8 Å². The van der Waals surface area contributed by atoms with Gasteiger partial charge in [-0.2, -0.15) is 0 Å². The van der Waals surface area contributed by atoms with E-state index in [1.165, 1.54) is 10.8 Å². The van der Waals surface area contributed by atoms with E-state index >= 15 is 0 Å². The lowest BCUT2D eigenvalue weighted by Gasteiger charge is -2.10. The van der Waals surface area contributed by atoms with Gasteiger partial charge in [0.15, 0.2) is 0 Å². The fourth-order valence-electron chi connectivity index (χ4n) is 5.73. The molecule has 5 heteroatoms. The van der Waals surface area contributed by atoms with Crippen LogP contribution in [0.5, 0.6) is 0 Å². The molecule has 0 aliphatic carbocycles. The van der Waals surface area contributed by atoms with Gasteiger partial charge in [-0.3, -0.25) is 9.97 Å². The molecule has 0 saturated carbocycles. The molecule has 5 heterocycles. The van der Waals surface area contributed by atoms with E-state index < -0.39 is 0 Å². The second-order valence-electron chi connectivity index (χ2n) is 10.4. The van der Waals surface area contributed by atoms with Crippen LogP contribution >= 0.6 is 0 Å². The molecule has 0 atom stereocenters. The van der Waals surface area contributed by atoms with E-state index in [0.29, 0.717) is 0 Å². The number of aromatic nitrogens is 5. The average Bonchev–Trinajstić information content (AvgIpc) is 3.42. The number of hydrogen-bond donors (Lipinski definition) is 0. The molecule has 0 N–H and O–H groups in total. The maximum absolute atomic E-state index is 5.00. The maximum Gasteiger partial charge on any atom is 0.0725 e. The van der Waals surface area contributed by atoms with E-state index in [0.717, 1.165) is 61.8 Å². The van der Waals surface area contributed by atoms with Crippen LogP contribution in [0.1, 0.15) is 0 Å². The van der Waals surface area contributed by atoms with Gasteiger partial charge in [-0.1, -0.05) is 54.6 Å². The summed E-state index contributed by atoms with van der Waals surface area (Å²) in [5, 5.41) is 2.38. The second-order valence-corrected chi connectivity index (χ2v) is 10.4. The molecule has 0 amide bonds. The lowest BCUT2D eigenvalue weighted by atomic mass is 10.0. The highest BCUT2D eigenvalue weighted by Crippen LogP contribution is 2.37. The summed E-state index contributed by atoms with van der Waals surface area (Å²) in [5.41, 5.74) is 11.1. The largest absolute Gasteiger partial charge is 0.309 e. The molecule has 43 heavy (non-hydrogen) atoms. The standard InChI is InChI=1S/C38H25N5/c1-2-10-30(11-3-1)43-37-22-26(33-12-4-14-35(41-33)28-8-6-20-39-24-28)16-18-31(37)32-19-17-27(23-38(32)43)34-13-5-15-36(42-34)29-9-7-21-40-25-29/h1-25H. The maximum atomic E-state index is 5.00. The minimum atomic E-state index is 0.903. The fraction of sp³-hybridized carbons (Fsp3) is 0. The van der Waals surface area contributed by atoms with Gasteiger partial charge in [0.25, 0.3) is 0 Å². The Balaban J connectivity index is 1.30. The first-order valence-electron chi connectivity index (χ1n) is 14.2. The van der Waals surface area contributed by atoms with Crippen molar-refractivity contribution in [3.05, 3.63) is 152 Å². The lowest BCUT2D eigenvalue weighted by molar-refractivity contribution is 1.18. The minimum absolute atomic E-state index is 0.903. The SMILES string of the molecule is c1ccc(-n2c3cc(-c4cccc(-c5cccnc5)n4)ccc3c3ccc(-c4cccc(-c5cccnc5)n4)cc32)cc1. The summed E-state index contributed by atoms with van der Waals surface area (Å²) in [6, 6.07) is 44.0. The number of pyridine rings is 4. The van der Waals surface area contributed by atoms with Crippen LogP contribution in [0.2, 0.25) is 0 Å². The van der Waals surface area contributed by atoms with E-state index in [-0.39, 0.29) is 0 Å². The summed E-state index contributed by atoms with van der Waals surface area (Å²) in [4.78, 5) is 18.5. The number of benzene rings is 3. The van der Waals surface area contributed by atoms with Crippen molar-refractivity contribution in [1.29, 1.82) is 0 Å². The summed E-state index contributed by atoms with van der Waals surface area (Å²) in [7, 11) is 0. The van der Waals surface area contributed by atoms with Gasteiger partial charge in [-0.05, 0) is 72.8 Å². The highest BCUT2D eigenvalue weighted by Gasteiger charge is 2.16. The molecule has 8 aromatic rings. The van der Waals surface area contributed by atoms with Crippen LogP contribution < -0.4 is 0 Å². The number of fused-ring (bicyclic) bond motifs is 3. The molecule has 8 rings (SSSR count). The zero-order valence-corrected chi connectivity index (χ0v) is 23.2. The van der Waals surface area contributed by atoms with E-state index in [9.17, 15) is 0 Å². The van der Waals surface area contributed by atoms with E-state index in [4.69, 9.17) is 9.97 Å². The van der Waals surface area contributed by atoms with Crippen molar-refractivity contribution in [2.24, 2.45) is 0 Å². The van der Waals surface area contributed by atoms with Gasteiger partial charge in [0.05, 0.1) is 33.8 Å². The monoisotopic (exact) mass is 551 g/mol. The molecule has 5 nitrogen and oxygen atoms in total. The van der Waals surface area contributed by atoms with Crippen molar-refractivity contribution in [3.8, 4) is 50.7 Å². The molecule has 0 saturated heterocycles. The van der Waals surface area contributed by atoms with Crippen molar-refractivity contribution in [2.45, 2.75) is 0 Å². The first kappa shape index (κ1) is 24.8. The Bertz CT molecular complexity index is 2080. The molecule has 0 unspecified atom stereocenters. The van der Waals surface area contributed by atoms with E-state index in [2.05, 4.69) is 106 Å². The molecule has 202 valence electrons. The molecule has 3 aromatic carbocycles. The highest BCUT2D eigenvalue weighted by molar-refractivity contribution is 6.11. The third kappa shape index (κ3) is 4.53. The Labute approximate surface area is 248 Å². The van der Waals surface area contributed by atoms with Gasteiger partial charge in [0.2, 0.25) is 0 Å². The predicted octanol–water partition coefficient (Wildman–Crippen LogP) is 9.03. The normalized spacial score (nSPS) is 11.3.